The Labute approximate surface area is 391 Å². The second-order valence-corrected chi connectivity index (χ2v) is 18.4. The summed E-state index contributed by atoms with van der Waals surface area (Å²) in [6.45, 7) is 11.7. The van der Waals surface area contributed by atoms with Gasteiger partial charge in [0.05, 0.1) is 0 Å². The number of nitrogens with zero attached hydrogens (tertiary/aromatic N) is 2. The van der Waals surface area contributed by atoms with E-state index in [1.807, 2.05) is 6.92 Å². The van der Waals surface area contributed by atoms with Gasteiger partial charge in [-0.1, -0.05) is 76.6 Å². The van der Waals surface area contributed by atoms with Crippen molar-refractivity contribution in [2.45, 2.75) is 148 Å². The molecule has 3 aliphatic heterocycles. The number of carbonyl (C=O) groups is 9. The molecule has 19 heteroatoms. The van der Waals surface area contributed by atoms with Crippen LogP contribution in [0.3, 0.4) is 0 Å². The third-order valence-electron chi connectivity index (χ3n) is 12.9. The zero-order valence-corrected chi connectivity index (χ0v) is 39.4. The molecule has 3 fully saturated rings. The predicted octanol–water partition coefficient (Wildman–Crippen LogP) is 0.328. The lowest BCUT2D eigenvalue weighted by molar-refractivity contribution is -0.144. The SMILES string of the molecule is CC[C@H](C)[C@@H]1NC(=O)[C@@H]2CCCN2C(=O)[C@H](C)NC(=O)[C@@H]2CCCN2C(=O)[C@H](Cc2ccc(O)cc2)NC(=O)[C@H](Cc2ccccc2)NC(=O)[C@H](C)NC(=O)[C@H](C)NC(=O)[C@H](C(C)C)NC1=O. The fourth-order valence-corrected chi connectivity index (χ4v) is 8.62. The van der Waals surface area contributed by atoms with Gasteiger partial charge in [0, 0.05) is 25.9 Å². The molecule has 2 aromatic carbocycles. The molecule has 3 saturated heterocycles. The fraction of sp³-hybridized carbons (Fsp3) is 0.562. The van der Waals surface area contributed by atoms with E-state index in [2.05, 4.69) is 37.2 Å². The van der Waals surface area contributed by atoms with Gasteiger partial charge in [-0.2, -0.15) is 0 Å². The maximum Gasteiger partial charge on any atom is 0.246 e. The van der Waals surface area contributed by atoms with Crippen LogP contribution in [0.2, 0.25) is 0 Å². The highest BCUT2D eigenvalue weighted by atomic mass is 16.3. The van der Waals surface area contributed by atoms with Gasteiger partial charge in [-0.05, 0) is 81.5 Å². The summed E-state index contributed by atoms with van der Waals surface area (Å²) < 4.78 is 0. The average Bonchev–Trinajstić information content (AvgIpc) is 4.00. The zero-order valence-electron chi connectivity index (χ0n) is 39.4. The van der Waals surface area contributed by atoms with E-state index in [-0.39, 0.29) is 38.1 Å². The minimum atomic E-state index is -1.26. The van der Waals surface area contributed by atoms with Crippen molar-refractivity contribution in [1.29, 1.82) is 0 Å². The normalized spacial score (nSPS) is 28.5. The maximum absolute atomic E-state index is 14.6. The number of nitrogens with one attached hydrogen (secondary N) is 7. The number of rotatable bonds is 7. The van der Waals surface area contributed by atoms with E-state index in [0.717, 1.165) is 0 Å². The van der Waals surface area contributed by atoms with Crippen LogP contribution >= 0.6 is 0 Å². The van der Waals surface area contributed by atoms with Crippen molar-refractivity contribution in [2.75, 3.05) is 13.1 Å². The number of benzene rings is 2. The molecule has 364 valence electrons. The van der Waals surface area contributed by atoms with Gasteiger partial charge in [-0.15, -0.1) is 0 Å². The largest absolute Gasteiger partial charge is 0.508 e. The van der Waals surface area contributed by atoms with Gasteiger partial charge in [-0.25, -0.2) is 0 Å². The maximum atomic E-state index is 14.6. The number of phenolic OH excluding ortho intramolecular Hbond substituents is 1. The van der Waals surface area contributed by atoms with Gasteiger partial charge in [0.25, 0.3) is 0 Å². The van der Waals surface area contributed by atoms with E-state index >= 15 is 0 Å². The molecule has 9 amide bonds. The first kappa shape index (κ1) is 51.5. The van der Waals surface area contributed by atoms with Gasteiger partial charge >= 0.3 is 0 Å². The Morgan fingerprint density at radius 3 is 1.57 bits per heavy atom. The Morgan fingerprint density at radius 1 is 0.522 bits per heavy atom. The quantitative estimate of drug-likeness (QED) is 0.189. The minimum absolute atomic E-state index is 0.00842. The lowest BCUT2D eigenvalue weighted by Gasteiger charge is -2.32. The van der Waals surface area contributed by atoms with Gasteiger partial charge < -0.3 is 52.1 Å². The summed E-state index contributed by atoms with van der Waals surface area (Å²) in [7, 11) is 0. The van der Waals surface area contributed by atoms with E-state index in [0.29, 0.717) is 36.8 Å². The number of aromatic hydroxyl groups is 1. The first-order chi connectivity index (χ1) is 31.8. The molecule has 19 nitrogen and oxygen atoms in total. The summed E-state index contributed by atoms with van der Waals surface area (Å²) in [5.74, 6) is -6.69. The molecule has 0 aromatic heterocycles. The van der Waals surface area contributed by atoms with Crippen LogP contribution in [0.5, 0.6) is 5.75 Å². The molecule has 3 aliphatic rings. The number of hydrogen-bond donors (Lipinski definition) is 8. The van der Waals surface area contributed by atoms with Crippen LogP contribution in [0.25, 0.3) is 0 Å². The lowest BCUT2D eigenvalue weighted by Crippen LogP contribution is -2.61. The van der Waals surface area contributed by atoms with E-state index in [9.17, 15) is 48.3 Å². The summed E-state index contributed by atoms with van der Waals surface area (Å²) in [5, 5.41) is 29.1. The summed E-state index contributed by atoms with van der Waals surface area (Å²) in [6, 6.07) is 4.67. The summed E-state index contributed by atoms with van der Waals surface area (Å²) in [5.41, 5.74) is 1.25. The van der Waals surface area contributed by atoms with E-state index in [1.165, 1.54) is 42.7 Å². The van der Waals surface area contributed by atoms with Gasteiger partial charge in [-0.3, -0.25) is 43.2 Å². The molecule has 8 N–H and O–H groups in total. The van der Waals surface area contributed by atoms with Gasteiger partial charge in [0.15, 0.2) is 0 Å². The molecule has 3 heterocycles. The predicted molar refractivity (Wildman–Crippen MR) is 246 cm³/mol. The molecule has 0 radical (unpaired) electrons. The van der Waals surface area contributed by atoms with Crippen LogP contribution in [-0.2, 0) is 56.0 Å². The molecule has 10 atom stereocenters. The van der Waals surface area contributed by atoms with Crippen molar-refractivity contribution in [3.05, 3.63) is 65.7 Å². The Bertz CT molecular complexity index is 2140. The number of amides is 9. The highest BCUT2D eigenvalue weighted by Gasteiger charge is 2.42. The molecular weight excluding hydrogens is 863 g/mol. The molecule has 0 bridgehead atoms. The fourth-order valence-electron chi connectivity index (χ4n) is 8.62. The van der Waals surface area contributed by atoms with Crippen molar-refractivity contribution in [3.63, 3.8) is 0 Å². The first-order valence-corrected chi connectivity index (χ1v) is 23.3. The highest BCUT2D eigenvalue weighted by Crippen LogP contribution is 2.23. The van der Waals surface area contributed by atoms with Crippen molar-refractivity contribution in [3.8, 4) is 5.75 Å². The minimum Gasteiger partial charge on any atom is -0.508 e. The highest BCUT2D eigenvalue weighted by molar-refractivity contribution is 5.99. The van der Waals surface area contributed by atoms with Crippen molar-refractivity contribution in [2.24, 2.45) is 11.8 Å². The monoisotopic (exact) mass is 930 g/mol. The van der Waals surface area contributed by atoms with Crippen molar-refractivity contribution >= 4 is 53.2 Å². The lowest BCUT2D eigenvalue weighted by atomic mass is 9.96. The molecular formula is C48H67N9O10. The standard InChI is InChI=1S/C48H67N9O10/c1-8-27(4)39-46(65)54-38(26(2)3)45(64)50-28(5)40(59)49-29(6)41(60)52-34(24-31-14-10-9-11-15-31)42(61)53-35(25-32-18-20-33(58)21-19-32)48(67)57-23-13-16-36(57)43(62)51-30(7)47(66)56-22-12-17-37(56)44(63)55-39/h9-11,14-15,18-21,26-30,34-39,58H,8,12-13,16-17,22-25H2,1-7H3,(H,49,59)(H,50,64)(H,51,62)(H,52,60)(H,53,61)(H,54,65)(H,55,63)/t27-,28-,29-,30-,34-,35-,36-,37-,38-,39-/m0/s1. The molecule has 0 spiro atoms. The third kappa shape index (κ3) is 13.3. The Morgan fingerprint density at radius 2 is 0.985 bits per heavy atom. The third-order valence-corrected chi connectivity index (χ3v) is 12.9. The van der Waals surface area contributed by atoms with Crippen LogP contribution in [-0.4, -0.2) is 136 Å². The van der Waals surface area contributed by atoms with E-state index < -0.39 is 119 Å². The summed E-state index contributed by atoms with van der Waals surface area (Å²) in [6.07, 6.45) is 1.91. The molecule has 0 aliphatic carbocycles. The first-order valence-electron chi connectivity index (χ1n) is 23.3. The number of hydrogen-bond acceptors (Lipinski definition) is 10. The Balaban J connectivity index is 1.50. The van der Waals surface area contributed by atoms with Gasteiger partial charge in [0.1, 0.15) is 60.1 Å². The van der Waals surface area contributed by atoms with Crippen LogP contribution < -0.4 is 37.2 Å². The summed E-state index contributed by atoms with van der Waals surface area (Å²) in [4.78, 5) is 129. The molecule has 0 saturated carbocycles. The molecule has 2 aromatic rings. The molecule has 0 unspecified atom stereocenters. The van der Waals surface area contributed by atoms with Crippen molar-refractivity contribution in [1.82, 2.24) is 47.0 Å². The van der Waals surface area contributed by atoms with Crippen LogP contribution in [0.1, 0.15) is 91.7 Å². The second-order valence-electron chi connectivity index (χ2n) is 18.4. The number of fused-ring (bicyclic) bond motifs is 2. The van der Waals surface area contributed by atoms with E-state index in [1.54, 1.807) is 63.2 Å². The topological polar surface area (TPSA) is 265 Å². The second kappa shape index (κ2) is 23.3. The van der Waals surface area contributed by atoms with Crippen molar-refractivity contribution < 1.29 is 48.3 Å². The average molecular weight is 930 g/mol. The Kier molecular flexibility index (Phi) is 17.9. The zero-order chi connectivity index (χ0) is 49.1. The van der Waals surface area contributed by atoms with Gasteiger partial charge in [0.2, 0.25) is 53.2 Å². The Hall–Kier alpha value is -6.53. The van der Waals surface area contributed by atoms with Crippen LogP contribution in [0, 0.1) is 11.8 Å². The molecule has 67 heavy (non-hydrogen) atoms. The van der Waals surface area contributed by atoms with Crippen LogP contribution in [0.15, 0.2) is 54.6 Å². The number of carbonyl (C=O) groups excluding carboxylic acids is 9. The summed E-state index contributed by atoms with van der Waals surface area (Å²) >= 11 is 0. The smallest absolute Gasteiger partial charge is 0.246 e. The van der Waals surface area contributed by atoms with E-state index in [4.69, 9.17) is 0 Å². The number of phenols is 1. The van der Waals surface area contributed by atoms with Crippen LogP contribution in [0.4, 0.5) is 0 Å². The molecule has 5 rings (SSSR count).